The second-order valence-electron chi connectivity index (χ2n) is 4.20. The molecular weight excluding hydrogens is 232 g/mol. The van der Waals surface area contributed by atoms with Gasteiger partial charge in [-0.2, -0.15) is 0 Å². The minimum atomic E-state index is -0.0673. The van der Waals surface area contributed by atoms with Crippen LogP contribution in [0.4, 0.5) is 0 Å². The molecule has 0 bridgehead atoms. The zero-order valence-electron chi connectivity index (χ0n) is 9.73. The van der Waals surface area contributed by atoms with Crippen LogP contribution in [0, 0.1) is 6.92 Å². The fourth-order valence-electron chi connectivity index (χ4n) is 1.80. The molecule has 2 aromatic rings. The summed E-state index contributed by atoms with van der Waals surface area (Å²) in [5, 5.41) is 0.767. The molecule has 2 N–H and O–H groups in total. The molecule has 0 amide bonds. The standard InChI is InChI=1S/C14H15ClN2/c1-10-6-12(9-17-8-10)14(16)7-11-4-2-3-5-13(11)15/h2-6,8-9,14H,7,16H2,1H3. The zero-order chi connectivity index (χ0) is 12.3. The molecule has 17 heavy (non-hydrogen) atoms. The first-order chi connectivity index (χ1) is 8.16. The van der Waals surface area contributed by atoms with Gasteiger partial charge in [0.25, 0.3) is 0 Å². The van der Waals surface area contributed by atoms with Gasteiger partial charge in [-0.15, -0.1) is 0 Å². The SMILES string of the molecule is Cc1cncc(C(N)Cc2ccccc2Cl)c1. The molecule has 0 saturated carbocycles. The number of aryl methyl sites for hydroxylation is 1. The van der Waals surface area contributed by atoms with Gasteiger partial charge in [0.2, 0.25) is 0 Å². The molecule has 1 unspecified atom stereocenters. The van der Waals surface area contributed by atoms with E-state index in [0.29, 0.717) is 0 Å². The smallest absolute Gasteiger partial charge is 0.0438 e. The van der Waals surface area contributed by atoms with Crippen molar-refractivity contribution in [2.75, 3.05) is 0 Å². The maximum atomic E-state index is 6.17. The second-order valence-corrected chi connectivity index (χ2v) is 4.60. The minimum absolute atomic E-state index is 0.0673. The monoisotopic (exact) mass is 246 g/mol. The van der Waals surface area contributed by atoms with Crippen LogP contribution >= 0.6 is 11.6 Å². The lowest BCUT2D eigenvalue weighted by Crippen LogP contribution is -2.14. The lowest BCUT2D eigenvalue weighted by atomic mass is 10.0. The third-order valence-electron chi connectivity index (χ3n) is 2.72. The molecule has 1 aromatic carbocycles. The minimum Gasteiger partial charge on any atom is -0.324 e. The van der Waals surface area contributed by atoms with E-state index in [0.717, 1.165) is 28.1 Å². The molecule has 1 heterocycles. The molecule has 1 atom stereocenters. The molecule has 0 aliphatic heterocycles. The van der Waals surface area contributed by atoms with Gasteiger partial charge in [-0.1, -0.05) is 35.9 Å². The van der Waals surface area contributed by atoms with Crippen molar-refractivity contribution in [2.24, 2.45) is 5.73 Å². The van der Waals surface area contributed by atoms with E-state index in [1.807, 2.05) is 43.6 Å². The predicted molar refractivity (Wildman–Crippen MR) is 71.1 cm³/mol. The molecule has 0 spiro atoms. The molecule has 0 fully saturated rings. The Kier molecular flexibility index (Phi) is 3.77. The molecule has 2 rings (SSSR count). The Morgan fingerprint density at radius 1 is 1.29 bits per heavy atom. The van der Waals surface area contributed by atoms with Crippen LogP contribution in [0.1, 0.15) is 22.7 Å². The van der Waals surface area contributed by atoms with Crippen molar-refractivity contribution in [3.63, 3.8) is 0 Å². The Bertz CT molecular complexity index is 511. The topological polar surface area (TPSA) is 38.9 Å². The number of halogens is 1. The number of hydrogen-bond donors (Lipinski definition) is 1. The summed E-state index contributed by atoms with van der Waals surface area (Å²) >= 11 is 6.12. The van der Waals surface area contributed by atoms with Gasteiger partial charge in [-0.05, 0) is 36.1 Å². The molecule has 0 aliphatic rings. The van der Waals surface area contributed by atoms with E-state index in [1.165, 1.54) is 0 Å². The van der Waals surface area contributed by atoms with Crippen LogP contribution in [0.15, 0.2) is 42.7 Å². The summed E-state index contributed by atoms with van der Waals surface area (Å²) in [6.07, 6.45) is 4.37. The van der Waals surface area contributed by atoms with Gasteiger partial charge in [0.15, 0.2) is 0 Å². The molecule has 2 nitrogen and oxygen atoms in total. The number of pyridine rings is 1. The van der Waals surface area contributed by atoms with Crippen LogP contribution in [0.5, 0.6) is 0 Å². The first-order valence-corrected chi connectivity index (χ1v) is 5.95. The molecule has 3 heteroatoms. The van der Waals surface area contributed by atoms with E-state index < -0.39 is 0 Å². The van der Waals surface area contributed by atoms with E-state index in [2.05, 4.69) is 11.1 Å². The maximum Gasteiger partial charge on any atom is 0.0438 e. The van der Waals surface area contributed by atoms with Crippen molar-refractivity contribution in [1.29, 1.82) is 0 Å². The molecule has 88 valence electrons. The molecule has 0 aliphatic carbocycles. The van der Waals surface area contributed by atoms with Gasteiger partial charge in [0, 0.05) is 23.5 Å². The predicted octanol–water partition coefficient (Wildman–Crippen LogP) is 3.29. The molecule has 1 aromatic heterocycles. The average Bonchev–Trinajstić information content (AvgIpc) is 2.32. The van der Waals surface area contributed by atoms with Gasteiger partial charge in [0.1, 0.15) is 0 Å². The summed E-state index contributed by atoms with van der Waals surface area (Å²) in [7, 11) is 0. The maximum absolute atomic E-state index is 6.17. The Labute approximate surface area is 106 Å². The van der Waals surface area contributed by atoms with Crippen LogP contribution in [-0.4, -0.2) is 4.98 Å². The van der Waals surface area contributed by atoms with Crippen molar-refractivity contribution >= 4 is 11.6 Å². The van der Waals surface area contributed by atoms with Crippen LogP contribution in [0.3, 0.4) is 0 Å². The quantitative estimate of drug-likeness (QED) is 0.903. The van der Waals surface area contributed by atoms with Crippen molar-refractivity contribution in [3.8, 4) is 0 Å². The summed E-state index contributed by atoms with van der Waals surface area (Å²) < 4.78 is 0. The Morgan fingerprint density at radius 3 is 2.76 bits per heavy atom. The Balaban J connectivity index is 2.17. The summed E-state index contributed by atoms with van der Waals surface area (Å²) in [5.74, 6) is 0. The van der Waals surface area contributed by atoms with Gasteiger partial charge >= 0.3 is 0 Å². The fraction of sp³-hybridized carbons (Fsp3) is 0.214. The normalized spacial score (nSPS) is 12.4. The van der Waals surface area contributed by atoms with Crippen LogP contribution < -0.4 is 5.73 Å². The second kappa shape index (κ2) is 5.30. The van der Waals surface area contributed by atoms with Crippen molar-refractivity contribution in [3.05, 3.63) is 64.4 Å². The van der Waals surface area contributed by atoms with Crippen molar-refractivity contribution < 1.29 is 0 Å². The van der Waals surface area contributed by atoms with Gasteiger partial charge in [-0.3, -0.25) is 4.98 Å². The Hall–Kier alpha value is -1.38. The number of nitrogens with zero attached hydrogens (tertiary/aromatic N) is 1. The van der Waals surface area contributed by atoms with E-state index in [-0.39, 0.29) is 6.04 Å². The highest BCUT2D eigenvalue weighted by atomic mass is 35.5. The number of aromatic nitrogens is 1. The average molecular weight is 247 g/mol. The van der Waals surface area contributed by atoms with E-state index >= 15 is 0 Å². The van der Waals surface area contributed by atoms with Gasteiger partial charge in [-0.25, -0.2) is 0 Å². The molecule has 0 saturated heterocycles. The number of benzene rings is 1. The largest absolute Gasteiger partial charge is 0.324 e. The number of nitrogens with two attached hydrogens (primary N) is 1. The number of rotatable bonds is 3. The third-order valence-corrected chi connectivity index (χ3v) is 3.09. The van der Waals surface area contributed by atoms with Crippen LogP contribution in [0.2, 0.25) is 5.02 Å². The summed E-state index contributed by atoms with van der Waals surface area (Å²) in [6.45, 7) is 2.01. The molecule has 0 radical (unpaired) electrons. The van der Waals surface area contributed by atoms with E-state index in [1.54, 1.807) is 0 Å². The fourth-order valence-corrected chi connectivity index (χ4v) is 2.01. The highest BCUT2D eigenvalue weighted by molar-refractivity contribution is 6.31. The van der Waals surface area contributed by atoms with Crippen LogP contribution in [-0.2, 0) is 6.42 Å². The van der Waals surface area contributed by atoms with Crippen molar-refractivity contribution in [2.45, 2.75) is 19.4 Å². The zero-order valence-corrected chi connectivity index (χ0v) is 10.5. The summed E-state index contributed by atoms with van der Waals surface area (Å²) in [6, 6.07) is 9.79. The third kappa shape index (κ3) is 3.05. The highest BCUT2D eigenvalue weighted by Gasteiger charge is 2.09. The highest BCUT2D eigenvalue weighted by Crippen LogP contribution is 2.21. The first-order valence-electron chi connectivity index (χ1n) is 5.57. The van der Waals surface area contributed by atoms with Gasteiger partial charge < -0.3 is 5.73 Å². The number of hydrogen-bond acceptors (Lipinski definition) is 2. The van der Waals surface area contributed by atoms with Crippen LogP contribution in [0.25, 0.3) is 0 Å². The lowest BCUT2D eigenvalue weighted by Gasteiger charge is -2.13. The first kappa shape index (κ1) is 12.1. The van der Waals surface area contributed by atoms with E-state index in [9.17, 15) is 0 Å². The summed E-state index contributed by atoms with van der Waals surface area (Å²) in [4.78, 5) is 4.16. The molecular formula is C14H15ClN2. The summed E-state index contributed by atoms with van der Waals surface area (Å²) in [5.41, 5.74) is 9.41. The van der Waals surface area contributed by atoms with Gasteiger partial charge in [0.05, 0.1) is 0 Å². The lowest BCUT2D eigenvalue weighted by molar-refractivity contribution is 0.717. The van der Waals surface area contributed by atoms with Crippen molar-refractivity contribution in [1.82, 2.24) is 4.98 Å². The Morgan fingerprint density at radius 2 is 2.06 bits per heavy atom. The van der Waals surface area contributed by atoms with E-state index in [4.69, 9.17) is 17.3 Å².